The molecule has 0 bridgehead atoms. The third kappa shape index (κ3) is 2.97. The van der Waals surface area contributed by atoms with Crippen molar-refractivity contribution in [1.82, 2.24) is 4.57 Å². The molecule has 25 heavy (non-hydrogen) atoms. The summed E-state index contributed by atoms with van der Waals surface area (Å²) in [4.78, 5) is 22.2. The fraction of sp³-hybridized carbons (Fsp3) is 0.118. The number of aryl methyl sites for hydroxylation is 1. The molecule has 1 heterocycles. The smallest absolute Gasteiger partial charge is 0.295 e. The Hall–Kier alpha value is -3.55. The second-order valence-electron chi connectivity index (χ2n) is 5.24. The van der Waals surface area contributed by atoms with Crippen molar-refractivity contribution in [3.05, 3.63) is 64.2 Å². The van der Waals surface area contributed by atoms with Crippen molar-refractivity contribution >= 4 is 28.2 Å². The molecule has 126 valence electrons. The van der Waals surface area contributed by atoms with Gasteiger partial charge in [0.2, 0.25) is 5.88 Å². The van der Waals surface area contributed by atoms with E-state index in [0.717, 1.165) is 5.52 Å². The first-order valence-electron chi connectivity index (χ1n) is 7.53. The number of aromatic nitrogens is 1. The summed E-state index contributed by atoms with van der Waals surface area (Å²) in [6, 6.07) is 12.4. The summed E-state index contributed by atoms with van der Waals surface area (Å²) in [5, 5.41) is 29.2. The van der Waals surface area contributed by atoms with Gasteiger partial charge in [0.15, 0.2) is 5.69 Å². The first kappa shape index (κ1) is 16.3. The third-order valence-electron chi connectivity index (χ3n) is 3.80. The molecule has 0 spiro atoms. The number of nitro benzene ring substituents is 1. The van der Waals surface area contributed by atoms with E-state index in [1.807, 2.05) is 19.1 Å². The Morgan fingerprint density at radius 2 is 1.88 bits per heavy atom. The zero-order valence-corrected chi connectivity index (χ0v) is 13.3. The van der Waals surface area contributed by atoms with E-state index < -0.39 is 10.8 Å². The van der Waals surface area contributed by atoms with Crippen LogP contribution in [0.5, 0.6) is 5.88 Å². The van der Waals surface area contributed by atoms with Crippen LogP contribution in [-0.4, -0.2) is 20.5 Å². The quantitative estimate of drug-likeness (QED) is 0.436. The number of rotatable bonds is 4. The summed E-state index contributed by atoms with van der Waals surface area (Å²) < 4.78 is 1.67. The van der Waals surface area contributed by atoms with E-state index in [9.17, 15) is 20.0 Å². The Balaban J connectivity index is 1.94. The summed E-state index contributed by atoms with van der Waals surface area (Å²) in [5.74, 6) is -0.716. The Morgan fingerprint density at radius 1 is 1.20 bits per heavy atom. The monoisotopic (exact) mass is 338 g/mol. The number of carbonyl (C=O) groups excluding carboxylic acids is 1. The summed E-state index contributed by atoms with van der Waals surface area (Å²) in [7, 11) is 0. The lowest BCUT2D eigenvalue weighted by Gasteiger charge is -2.00. The number of carbonyl (C=O) groups is 1. The highest BCUT2D eigenvalue weighted by atomic mass is 16.6. The number of azo groups is 1. The van der Waals surface area contributed by atoms with E-state index >= 15 is 0 Å². The molecule has 0 saturated heterocycles. The van der Waals surface area contributed by atoms with Crippen LogP contribution in [0.4, 0.5) is 11.4 Å². The fourth-order valence-electron chi connectivity index (χ4n) is 2.57. The van der Waals surface area contributed by atoms with Crippen LogP contribution in [0.2, 0.25) is 0 Å². The first-order valence-corrected chi connectivity index (χ1v) is 7.53. The van der Waals surface area contributed by atoms with E-state index in [2.05, 4.69) is 10.2 Å². The number of non-ortho nitro benzene ring substituents is 1. The molecule has 0 fully saturated rings. The van der Waals surface area contributed by atoms with E-state index in [0.29, 0.717) is 11.9 Å². The van der Waals surface area contributed by atoms with E-state index in [-0.39, 0.29) is 22.8 Å². The minimum absolute atomic E-state index is 0.0658. The lowest BCUT2D eigenvalue weighted by Crippen LogP contribution is -1.94. The molecule has 0 aliphatic rings. The van der Waals surface area contributed by atoms with Crippen molar-refractivity contribution in [2.24, 2.45) is 10.2 Å². The van der Waals surface area contributed by atoms with Crippen LogP contribution >= 0.6 is 0 Å². The van der Waals surface area contributed by atoms with Crippen molar-refractivity contribution in [3.63, 3.8) is 0 Å². The topological polar surface area (TPSA) is 110 Å². The van der Waals surface area contributed by atoms with Gasteiger partial charge in [0.05, 0.1) is 10.4 Å². The molecular formula is C17H14N4O4. The molecule has 0 atom stereocenters. The number of benzene rings is 2. The summed E-state index contributed by atoms with van der Waals surface area (Å²) in [6.07, 6.45) is 0. The Morgan fingerprint density at radius 3 is 2.52 bits per heavy atom. The molecule has 1 amide bonds. The molecule has 2 aromatic carbocycles. The molecule has 3 rings (SSSR count). The second kappa shape index (κ2) is 6.52. The number of fused-ring (bicyclic) bond motifs is 1. The summed E-state index contributed by atoms with van der Waals surface area (Å²) >= 11 is 0. The Labute approximate surface area is 142 Å². The van der Waals surface area contributed by atoms with Crippen LogP contribution in [-0.2, 0) is 6.54 Å². The summed E-state index contributed by atoms with van der Waals surface area (Å²) in [6.45, 7) is 2.42. The second-order valence-corrected chi connectivity index (χ2v) is 5.24. The zero-order chi connectivity index (χ0) is 18.0. The van der Waals surface area contributed by atoms with Gasteiger partial charge >= 0.3 is 0 Å². The van der Waals surface area contributed by atoms with E-state index in [1.165, 1.54) is 24.3 Å². The lowest BCUT2D eigenvalue weighted by molar-refractivity contribution is -0.384. The highest BCUT2D eigenvalue weighted by molar-refractivity contribution is 5.97. The van der Waals surface area contributed by atoms with Crippen LogP contribution in [0.1, 0.15) is 17.3 Å². The number of hydrogen-bond acceptors (Lipinski definition) is 5. The highest BCUT2D eigenvalue weighted by Gasteiger charge is 2.16. The van der Waals surface area contributed by atoms with Crippen LogP contribution < -0.4 is 0 Å². The minimum Gasteiger partial charge on any atom is -0.493 e. The van der Waals surface area contributed by atoms with Gasteiger partial charge in [-0.25, -0.2) is 0 Å². The van der Waals surface area contributed by atoms with Crippen LogP contribution in [0.25, 0.3) is 10.9 Å². The van der Waals surface area contributed by atoms with Gasteiger partial charge < -0.3 is 9.67 Å². The Bertz CT molecular complexity index is 990. The summed E-state index contributed by atoms with van der Waals surface area (Å²) in [5.41, 5.74) is 1.07. The van der Waals surface area contributed by atoms with E-state index in [4.69, 9.17) is 0 Å². The van der Waals surface area contributed by atoms with E-state index in [1.54, 1.807) is 16.7 Å². The zero-order valence-electron chi connectivity index (χ0n) is 13.3. The normalized spacial score (nSPS) is 11.2. The Kier molecular flexibility index (Phi) is 4.25. The maximum absolute atomic E-state index is 12.1. The SMILES string of the molecule is CCn1c(O)c(N=NC(=O)c2ccc([N+](=O)[O-])cc2)c2ccccc21. The van der Waals surface area contributed by atoms with Crippen molar-refractivity contribution in [2.45, 2.75) is 13.5 Å². The lowest BCUT2D eigenvalue weighted by atomic mass is 10.2. The molecule has 1 N–H and O–H groups in total. The van der Waals surface area contributed by atoms with Crippen molar-refractivity contribution in [1.29, 1.82) is 0 Å². The standard InChI is InChI=1S/C17H14N4O4/c1-2-20-14-6-4-3-5-13(14)15(17(20)23)18-19-16(22)11-7-9-12(10-8-11)21(24)25/h3-10,23H,2H2,1H3. The maximum Gasteiger partial charge on any atom is 0.295 e. The van der Waals surface area contributed by atoms with Gasteiger partial charge in [-0.15, -0.1) is 10.2 Å². The van der Waals surface area contributed by atoms with Crippen LogP contribution in [0, 0.1) is 10.1 Å². The largest absolute Gasteiger partial charge is 0.493 e. The predicted molar refractivity (Wildman–Crippen MR) is 91.2 cm³/mol. The van der Waals surface area contributed by atoms with Crippen molar-refractivity contribution in [2.75, 3.05) is 0 Å². The van der Waals surface area contributed by atoms with Crippen molar-refractivity contribution in [3.8, 4) is 5.88 Å². The predicted octanol–water partition coefficient (Wildman–Crippen LogP) is 4.20. The molecule has 3 aromatic rings. The molecule has 1 aromatic heterocycles. The fourth-order valence-corrected chi connectivity index (χ4v) is 2.57. The molecule has 8 heteroatoms. The number of hydrogen-bond donors (Lipinski definition) is 1. The number of nitrogens with zero attached hydrogens (tertiary/aromatic N) is 4. The van der Waals surface area contributed by atoms with Crippen LogP contribution in [0.3, 0.4) is 0 Å². The average Bonchev–Trinajstić information content (AvgIpc) is 2.90. The van der Waals surface area contributed by atoms with Crippen molar-refractivity contribution < 1.29 is 14.8 Å². The number of aromatic hydroxyl groups is 1. The van der Waals surface area contributed by atoms with Gasteiger partial charge in [0.1, 0.15) is 0 Å². The van der Waals surface area contributed by atoms with Gasteiger partial charge in [-0.1, -0.05) is 18.2 Å². The maximum atomic E-state index is 12.1. The molecule has 8 nitrogen and oxygen atoms in total. The molecule has 0 unspecified atom stereocenters. The van der Waals surface area contributed by atoms with Gasteiger partial charge in [0, 0.05) is 29.6 Å². The average molecular weight is 338 g/mol. The molecular weight excluding hydrogens is 324 g/mol. The number of amides is 1. The van der Waals surface area contributed by atoms with Crippen LogP contribution in [0.15, 0.2) is 58.8 Å². The van der Waals surface area contributed by atoms with Gasteiger partial charge in [0.25, 0.3) is 11.6 Å². The third-order valence-corrected chi connectivity index (χ3v) is 3.80. The number of para-hydroxylation sites is 1. The molecule has 0 radical (unpaired) electrons. The highest BCUT2D eigenvalue weighted by Crippen LogP contribution is 2.38. The molecule has 0 saturated carbocycles. The molecule has 0 aliphatic carbocycles. The van der Waals surface area contributed by atoms with Gasteiger partial charge in [-0.3, -0.25) is 14.9 Å². The first-order chi connectivity index (χ1) is 12.0. The number of nitro groups is 1. The molecule has 0 aliphatic heterocycles. The van der Waals surface area contributed by atoms with Gasteiger partial charge in [-0.05, 0) is 25.1 Å². The minimum atomic E-state index is -0.650. The van der Waals surface area contributed by atoms with Gasteiger partial charge in [-0.2, -0.15) is 0 Å².